The largest absolute Gasteiger partial charge is 0.478 e. The van der Waals surface area contributed by atoms with E-state index in [1.165, 1.54) is 18.3 Å². The molecule has 0 spiro atoms. The van der Waals surface area contributed by atoms with Crippen molar-refractivity contribution in [3.05, 3.63) is 40.4 Å². The molecule has 0 aliphatic carbocycles. The van der Waals surface area contributed by atoms with E-state index in [9.17, 15) is 9.18 Å². The maximum atomic E-state index is 13.9. The second kappa shape index (κ2) is 5.40. The molecule has 0 fully saturated rings. The predicted molar refractivity (Wildman–Crippen MR) is 69.0 cm³/mol. The highest BCUT2D eigenvalue weighted by Crippen LogP contribution is 2.31. The Kier molecular flexibility index (Phi) is 3.84. The summed E-state index contributed by atoms with van der Waals surface area (Å²) >= 11 is 2.91. The van der Waals surface area contributed by atoms with Crippen molar-refractivity contribution in [2.45, 2.75) is 13.5 Å². The summed E-state index contributed by atoms with van der Waals surface area (Å²) in [5.41, 5.74) is -0.158. The standard InChI is InChI=1S/C12H10BrFN2O3/c1-2-16-6-7(5-15-16)19-9-4-3-8(12(17)18)10(13)11(9)14/h3-6H,2H2,1H3,(H,17,18). The van der Waals surface area contributed by atoms with E-state index in [1.807, 2.05) is 6.92 Å². The van der Waals surface area contributed by atoms with Gasteiger partial charge in [0.1, 0.15) is 0 Å². The maximum Gasteiger partial charge on any atom is 0.336 e. The minimum absolute atomic E-state index is 0.0625. The highest BCUT2D eigenvalue weighted by atomic mass is 79.9. The molecule has 5 nitrogen and oxygen atoms in total. The van der Waals surface area contributed by atoms with Crippen molar-refractivity contribution in [2.24, 2.45) is 0 Å². The fourth-order valence-electron chi connectivity index (χ4n) is 1.47. The number of aryl methyl sites for hydroxylation is 1. The first-order valence-electron chi connectivity index (χ1n) is 5.44. The Balaban J connectivity index is 2.31. The molecule has 1 aromatic carbocycles. The fourth-order valence-corrected chi connectivity index (χ4v) is 1.97. The van der Waals surface area contributed by atoms with Gasteiger partial charge in [-0.15, -0.1) is 0 Å². The topological polar surface area (TPSA) is 64.3 Å². The van der Waals surface area contributed by atoms with Gasteiger partial charge in [-0.2, -0.15) is 5.10 Å². The van der Waals surface area contributed by atoms with Gasteiger partial charge in [0, 0.05) is 6.54 Å². The highest BCUT2D eigenvalue weighted by Gasteiger charge is 2.17. The minimum Gasteiger partial charge on any atom is -0.478 e. The van der Waals surface area contributed by atoms with Crippen LogP contribution in [0.1, 0.15) is 17.3 Å². The number of rotatable bonds is 4. The van der Waals surface area contributed by atoms with Crippen molar-refractivity contribution in [3.63, 3.8) is 0 Å². The highest BCUT2D eigenvalue weighted by molar-refractivity contribution is 9.10. The molecule has 1 aromatic heterocycles. The van der Waals surface area contributed by atoms with Crippen LogP contribution in [0.2, 0.25) is 0 Å². The zero-order chi connectivity index (χ0) is 14.0. The molecule has 0 bridgehead atoms. The monoisotopic (exact) mass is 328 g/mol. The van der Waals surface area contributed by atoms with E-state index in [0.29, 0.717) is 12.3 Å². The molecule has 0 radical (unpaired) electrons. The van der Waals surface area contributed by atoms with Gasteiger partial charge in [-0.3, -0.25) is 4.68 Å². The molecule has 1 N–H and O–H groups in total. The Morgan fingerprint density at radius 2 is 2.32 bits per heavy atom. The zero-order valence-electron chi connectivity index (χ0n) is 9.93. The van der Waals surface area contributed by atoms with Crippen LogP contribution < -0.4 is 4.74 Å². The molecule has 1 heterocycles. The van der Waals surface area contributed by atoms with Gasteiger partial charge in [0.15, 0.2) is 17.3 Å². The number of carbonyl (C=O) groups is 1. The molecule has 2 rings (SSSR count). The Morgan fingerprint density at radius 1 is 1.58 bits per heavy atom. The number of hydrogen-bond acceptors (Lipinski definition) is 3. The lowest BCUT2D eigenvalue weighted by molar-refractivity contribution is 0.0695. The number of carboxylic acids is 1. The smallest absolute Gasteiger partial charge is 0.336 e. The summed E-state index contributed by atoms with van der Waals surface area (Å²) in [6.45, 7) is 2.59. The molecule has 0 amide bonds. The number of nitrogens with zero attached hydrogens (tertiary/aromatic N) is 2. The van der Waals surface area contributed by atoms with Crippen molar-refractivity contribution >= 4 is 21.9 Å². The third kappa shape index (κ3) is 2.76. The Morgan fingerprint density at radius 3 is 2.89 bits per heavy atom. The van der Waals surface area contributed by atoms with Crippen molar-refractivity contribution in [1.29, 1.82) is 0 Å². The average molecular weight is 329 g/mol. The Labute approximate surface area is 116 Å². The summed E-state index contributed by atoms with van der Waals surface area (Å²) < 4.78 is 20.8. The first-order chi connectivity index (χ1) is 9.02. The first-order valence-corrected chi connectivity index (χ1v) is 6.23. The van der Waals surface area contributed by atoms with E-state index >= 15 is 0 Å². The van der Waals surface area contributed by atoms with Gasteiger partial charge >= 0.3 is 5.97 Å². The summed E-state index contributed by atoms with van der Waals surface area (Å²) in [5.74, 6) is -1.65. The number of hydrogen-bond donors (Lipinski definition) is 1. The third-order valence-corrected chi connectivity index (χ3v) is 3.21. The fraction of sp³-hybridized carbons (Fsp3) is 0.167. The zero-order valence-corrected chi connectivity index (χ0v) is 11.5. The lowest BCUT2D eigenvalue weighted by atomic mass is 10.2. The Bertz CT molecular complexity index is 627. The van der Waals surface area contributed by atoms with Gasteiger partial charge in [0.25, 0.3) is 0 Å². The average Bonchev–Trinajstić information content (AvgIpc) is 2.82. The van der Waals surface area contributed by atoms with Crippen LogP contribution in [0.4, 0.5) is 4.39 Å². The van der Waals surface area contributed by atoms with Crippen molar-refractivity contribution in [3.8, 4) is 11.5 Å². The first kappa shape index (κ1) is 13.5. The number of aromatic carboxylic acids is 1. The van der Waals surface area contributed by atoms with Gasteiger partial charge < -0.3 is 9.84 Å². The molecule has 0 aliphatic rings. The number of carboxylic acid groups (broad SMARTS) is 1. The molecule has 0 unspecified atom stereocenters. The van der Waals surface area contributed by atoms with Crippen LogP contribution >= 0.6 is 15.9 Å². The van der Waals surface area contributed by atoms with Crippen LogP contribution in [-0.4, -0.2) is 20.9 Å². The van der Waals surface area contributed by atoms with Crippen LogP contribution in [-0.2, 0) is 6.54 Å². The second-order valence-electron chi connectivity index (χ2n) is 3.68. The summed E-state index contributed by atoms with van der Waals surface area (Å²) in [7, 11) is 0. The molecular weight excluding hydrogens is 319 g/mol. The van der Waals surface area contributed by atoms with Crippen LogP contribution in [0.25, 0.3) is 0 Å². The SMILES string of the molecule is CCn1cc(Oc2ccc(C(=O)O)c(Br)c2F)cn1. The molecule has 0 aliphatic heterocycles. The van der Waals surface area contributed by atoms with Crippen LogP contribution in [0.15, 0.2) is 29.0 Å². The number of aromatic nitrogens is 2. The van der Waals surface area contributed by atoms with E-state index in [4.69, 9.17) is 9.84 Å². The number of halogens is 2. The summed E-state index contributed by atoms with van der Waals surface area (Å²) in [5, 5.41) is 12.8. The van der Waals surface area contributed by atoms with Gasteiger partial charge in [-0.1, -0.05) is 0 Å². The molecular formula is C12H10BrFN2O3. The number of ether oxygens (including phenoxy) is 1. The Hall–Kier alpha value is -1.89. The van der Waals surface area contributed by atoms with E-state index in [-0.39, 0.29) is 15.8 Å². The van der Waals surface area contributed by atoms with Gasteiger partial charge in [-0.05, 0) is 35.0 Å². The number of benzene rings is 1. The normalized spacial score (nSPS) is 10.5. The maximum absolute atomic E-state index is 13.9. The molecule has 2 aromatic rings. The van der Waals surface area contributed by atoms with Crippen molar-refractivity contribution < 1.29 is 19.0 Å². The van der Waals surface area contributed by atoms with Gasteiger partial charge in [0.05, 0.1) is 22.4 Å². The quantitative estimate of drug-likeness (QED) is 0.935. The van der Waals surface area contributed by atoms with Crippen LogP contribution in [0, 0.1) is 5.82 Å². The van der Waals surface area contributed by atoms with Gasteiger partial charge in [-0.25, -0.2) is 9.18 Å². The molecule has 0 saturated heterocycles. The third-order valence-electron chi connectivity index (χ3n) is 2.44. The molecule has 19 heavy (non-hydrogen) atoms. The molecule has 7 heteroatoms. The molecule has 0 saturated carbocycles. The van der Waals surface area contributed by atoms with Crippen LogP contribution in [0.3, 0.4) is 0 Å². The van der Waals surface area contributed by atoms with Crippen molar-refractivity contribution in [1.82, 2.24) is 9.78 Å². The summed E-state index contributed by atoms with van der Waals surface area (Å²) in [4.78, 5) is 10.8. The predicted octanol–water partition coefficient (Wildman–Crippen LogP) is 3.30. The van der Waals surface area contributed by atoms with Crippen molar-refractivity contribution in [2.75, 3.05) is 0 Å². The molecule has 0 atom stereocenters. The van der Waals surface area contributed by atoms with E-state index < -0.39 is 11.8 Å². The van der Waals surface area contributed by atoms with E-state index in [0.717, 1.165) is 0 Å². The molecule has 100 valence electrons. The second-order valence-corrected chi connectivity index (χ2v) is 4.47. The summed E-state index contributed by atoms with van der Waals surface area (Å²) in [6, 6.07) is 2.54. The minimum atomic E-state index is -1.21. The van der Waals surface area contributed by atoms with E-state index in [2.05, 4.69) is 21.0 Å². The lowest BCUT2D eigenvalue weighted by Gasteiger charge is -2.07. The lowest BCUT2D eigenvalue weighted by Crippen LogP contribution is -2.00. The van der Waals surface area contributed by atoms with E-state index in [1.54, 1.807) is 10.9 Å². The van der Waals surface area contributed by atoms with Crippen LogP contribution in [0.5, 0.6) is 11.5 Å². The van der Waals surface area contributed by atoms with Gasteiger partial charge in [0.2, 0.25) is 0 Å². The summed E-state index contributed by atoms with van der Waals surface area (Å²) in [6.07, 6.45) is 3.08.